The predicted octanol–water partition coefficient (Wildman–Crippen LogP) is 0.779. The van der Waals surface area contributed by atoms with Gasteiger partial charge in [0.25, 0.3) is 5.91 Å². The van der Waals surface area contributed by atoms with Crippen LogP contribution in [0.15, 0.2) is 12.3 Å². The van der Waals surface area contributed by atoms with Gasteiger partial charge in [-0.3, -0.25) is 14.2 Å². The maximum absolute atomic E-state index is 12.1. The van der Waals surface area contributed by atoms with E-state index < -0.39 is 0 Å². The van der Waals surface area contributed by atoms with Crippen molar-refractivity contribution in [3.63, 3.8) is 0 Å². The van der Waals surface area contributed by atoms with Crippen LogP contribution in [0.25, 0.3) is 0 Å². The summed E-state index contributed by atoms with van der Waals surface area (Å²) in [6.45, 7) is 4.35. The van der Waals surface area contributed by atoms with Gasteiger partial charge in [-0.2, -0.15) is 10.2 Å². The molecule has 0 bridgehead atoms. The molecule has 0 spiro atoms. The molecule has 0 aliphatic rings. The Labute approximate surface area is 105 Å². The first-order valence-corrected chi connectivity index (χ1v) is 5.66. The number of amides is 1. The van der Waals surface area contributed by atoms with Gasteiger partial charge in [-0.15, -0.1) is 0 Å². The number of rotatable bonds is 3. The summed E-state index contributed by atoms with van der Waals surface area (Å²) in [6, 6.07) is 1.79. The molecule has 3 N–H and O–H groups in total. The molecule has 2 heterocycles. The van der Waals surface area contributed by atoms with E-state index in [0.29, 0.717) is 23.7 Å². The minimum atomic E-state index is -0.283. The average molecular weight is 248 g/mol. The fraction of sp³-hybridized carbons (Fsp3) is 0.364. The summed E-state index contributed by atoms with van der Waals surface area (Å²) >= 11 is 0. The molecule has 1 amide bonds. The molecule has 2 aromatic rings. The smallest absolute Gasteiger partial charge is 0.277 e. The number of carbonyl (C=O) groups excluding carboxylic acids is 1. The molecule has 0 saturated carbocycles. The Bertz CT molecular complexity index is 582. The third kappa shape index (κ3) is 2.06. The highest BCUT2D eigenvalue weighted by Gasteiger charge is 2.17. The van der Waals surface area contributed by atoms with Crippen LogP contribution in [0.4, 0.5) is 11.5 Å². The Hall–Kier alpha value is -2.31. The Kier molecular flexibility index (Phi) is 3.05. The summed E-state index contributed by atoms with van der Waals surface area (Å²) in [7, 11) is 1.77. The Morgan fingerprint density at radius 3 is 2.83 bits per heavy atom. The quantitative estimate of drug-likeness (QED) is 0.839. The third-order valence-electron chi connectivity index (χ3n) is 2.63. The van der Waals surface area contributed by atoms with Gasteiger partial charge in [-0.25, -0.2) is 0 Å². The molecule has 7 nitrogen and oxygen atoms in total. The van der Waals surface area contributed by atoms with Crippen LogP contribution in [0.5, 0.6) is 0 Å². The van der Waals surface area contributed by atoms with Crippen molar-refractivity contribution in [1.29, 1.82) is 0 Å². The van der Waals surface area contributed by atoms with Crippen molar-refractivity contribution in [2.24, 2.45) is 7.05 Å². The lowest BCUT2D eigenvalue weighted by Gasteiger charge is -2.07. The summed E-state index contributed by atoms with van der Waals surface area (Å²) < 4.78 is 3.17. The van der Waals surface area contributed by atoms with Gasteiger partial charge in [-0.1, -0.05) is 0 Å². The second-order valence-electron chi connectivity index (χ2n) is 4.01. The van der Waals surface area contributed by atoms with E-state index in [4.69, 9.17) is 5.73 Å². The molecule has 0 atom stereocenters. The van der Waals surface area contributed by atoms with Crippen LogP contribution in [-0.4, -0.2) is 25.5 Å². The first kappa shape index (κ1) is 12.2. The molecule has 7 heteroatoms. The van der Waals surface area contributed by atoms with Gasteiger partial charge in [-0.05, 0) is 13.8 Å². The SMILES string of the molecule is CCn1ncc(N)c1C(=O)Nc1cc(C)nn1C. The molecule has 0 aliphatic heterocycles. The fourth-order valence-corrected chi connectivity index (χ4v) is 1.79. The molecular formula is C11H16N6O. The van der Waals surface area contributed by atoms with Crippen LogP contribution in [0.2, 0.25) is 0 Å². The highest BCUT2D eigenvalue weighted by molar-refractivity contribution is 6.06. The van der Waals surface area contributed by atoms with Crippen LogP contribution >= 0.6 is 0 Å². The van der Waals surface area contributed by atoms with Crippen LogP contribution in [0, 0.1) is 6.92 Å². The van der Waals surface area contributed by atoms with Gasteiger partial charge in [0.05, 0.1) is 17.6 Å². The third-order valence-corrected chi connectivity index (χ3v) is 2.63. The van der Waals surface area contributed by atoms with Gasteiger partial charge in [0, 0.05) is 19.7 Å². The monoisotopic (exact) mass is 248 g/mol. The molecule has 2 rings (SSSR count). The molecule has 2 aromatic heterocycles. The van der Waals surface area contributed by atoms with E-state index in [1.165, 1.54) is 6.20 Å². The van der Waals surface area contributed by atoms with Crippen molar-refractivity contribution in [3.05, 3.63) is 23.7 Å². The predicted molar refractivity (Wildman–Crippen MR) is 68.2 cm³/mol. The normalized spacial score (nSPS) is 10.6. The number of nitrogen functional groups attached to an aromatic ring is 1. The first-order chi connectivity index (χ1) is 8.52. The van der Waals surface area contributed by atoms with Crippen molar-refractivity contribution >= 4 is 17.4 Å². The minimum Gasteiger partial charge on any atom is -0.396 e. The highest BCUT2D eigenvalue weighted by atomic mass is 16.2. The van der Waals surface area contributed by atoms with E-state index in [0.717, 1.165) is 5.69 Å². The highest BCUT2D eigenvalue weighted by Crippen LogP contribution is 2.14. The van der Waals surface area contributed by atoms with Crippen molar-refractivity contribution in [3.8, 4) is 0 Å². The molecular weight excluding hydrogens is 232 g/mol. The zero-order valence-corrected chi connectivity index (χ0v) is 10.6. The number of nitrogens with zero attached hydrogens (tertiary/aromatic N) is 4. The standard InChI is InChI=1S/C11H16N6O/c1-4-17-10(8(12)6-13-17)11(18)14-9-5-7(2)15-16(9)3/h5-6H,4,12H2,1-3H3,(H,14,18). The zero-order valence-electron chi connectivity index (χ0n) is 10.6. The maximum atomic E-state index is 12.1. The van der Waals surface area contributed by atoms with Crippen LogP contribution in [-0.2, 0) is 13.6 Å². The number of carbonyl (C=O) groups is 1. The number of hydrogen-bond acceptors (Lipinski definition) is 4. The van der Waals surface area contributed by atoms with Crippen molar-refractivity contribution in [1.82, 2.24) is 19.6 Å². The summed E-state index contributed by atoms with van der Waals surface area (Å²) in [5.74, 6) is 0.343. The topological polar surface area (TPSA) is 90.8 Å². The number of hydrogen-bond donors (Lipinski definition) is 2. The fourth-order valence-electron chi connectivity index (χ4n) is 1.79. The van der Waals surface area contributed by atoms with E-state index in [1.807, 2.05) is 13.8 Å². The summed E-state index contributed by atoms with van der Waals surface area (Å²) in [5, 5.41) is 11.0. The zero-order chi connectivity index (χ0) is 13.3. The molecule has 0 unspecified atom stereocenters. The molecule has 0 saturated heterocycles. The van der Waals surface area contributed by atoms with E-state index in [1.54, 1.807) is 22.5 Å². The maximum Gasteiger partial charge on any atom is 0.277 e. The molecule has 0 aliphatic carbocycles. The Morgan fingerprint density at radius 1 is 1.56 bits per heavy atom. The van der Waals surface area contributed by atoms with Crippen LogP contribution in [0.1, 0.15) is 23.1 Å². The van der Waals surface area contributed by atoms with Crippen LogP contribution < -0.4 is 11.1 Å². The second-order valence-corrected chi connectivity index (χ2v) is 4.01. The number of anilines is 2. The molecule has 0 fully saturated rings. The van der Waals surface area contributed by atoms with E-state index in [-0.39, 0.29) is 5.91 Å². The molecule has 0 radical (unpaired) electrons. The lowest BCUT2D eigenvalue weighted by atomic mass is 10.3. The number of aryl methyl sites for hydroxylation is 3. The van der Waals surface area contributed by atoms with Crippen molar-refractivity contribution < 1.29 is 4.79 Å². The minimum absolute atomic E-state index is 0.283. The van der Waals surface area contributed by atoms with E-state index in [2.05, 4.69) is 15.5 Å². The van der Waals surface area contributed by atoms with Gasteiger partial charge in [0.2, 0.25) is 0 Å². The first-order valence-electron chi connectivity index (χ1n) is 5.66. The van der Waals surface area contributed by atoms with E-state index >= 15 is 0 Å². The average Bonchev–Trinajstić information content (AvgIpc) is 2.82. The van der Waals surface area contributed by atoms with Crippen molar-refractivity contribution in [2.75, 3.05) is 11.1 Å². The van der Waals surface area contributed by atoms with Crippen molar-refractivity contribution in [2.45, 2.75) is 20.4 Å². The second kappa shape index (κ2) is 4.52. The lowest BCUT2D eigenvalue weighted by Crippen LogP contribution is -2.20. The Balaban J connectivity index is 2.27. The number of nitrogens with two attached hydrogens (primary N) is 1. The summed E-state index contributed by atoms with van der Waals surface area (Å²) in [5.41, 5.74) is 7.33. The molecule has 18 heavy (non-hydrogen) atoms. The number of nitrogens with one attached hydrogen (secondary N) is 1. The largest absolute Gasteiger partial charge is 0.396 e. The lowest BCUT2D eigenvalue weighted by molar-refractivity contribution is 0.101. The summed E-state index contributed by atoms with van der Waals surface area (Å²) in [6.07, 6.45) is 1.48. The molecule has 96 valence electrons. The van der Waals surface area contributed by atoms with Gasteiger partial charge in [0.1, 0.15) is 11.5 Å². The van der Waals surface area contributed by atoms with Crippen LogP contribution in [0.3, 0.4) is 0 Å². The molecule has 0 aromatic carbocycles. The van der Waals surface area contributed by atoms with Gasteiger partial charge < -0.3 is 11.1 Å². The van der Waals surface area contributed by atoms with E-state index in [9.17, 15) is 4.79 Å². The summed E-state index contributed by atoms with van der Waals surface area (Å²) in [4.78, 5) is 12.1. The van der Waals surface area contributed by atoms with Gasteiger partial charge in [0.15, 0.2) is 0 Å². The number of aromatic nitrogens is 4. The van der Waals surface area contributed by atoms with Gasteiger partial charge >= 0.3 is 0 Å². The Morgan fingerprint density at radius 2 is 2.28 bits per heavy atom.